The molecule has 1 amide bonds. The maximum atomic E-state index is 12.0. The molecule has 6 nitrogen and oxygen atoms in total. The van der Waals surface area contributed by atoms with Crippen molar-refractivity contribution in [2.24, 2.45) is 0 Å². The van der Waals surface area contributed by atoms with Crippen LogP contribution in [0.1, 0.15) is 12.0 Å². The number of benzene rings is 2. The molecule has 2 rings (SSSR count). The Kier molecular flexibility index (Phi) is 5.08. The van der Waals surface area contributed by atoms with Gasteiger partial charge in [0, 0.05) is 12.5 Å². The number of nitrogens with one attached hydrogen (secondary N) is 1. The van der Waals surface area contributed by atoms with Crippen molar-refractivity contribution in [2.45, 2.75) is 12.8 Å². The summed E-state index contributed by atoms with van der Waals surface area (Å²) in [4.78, 5) is 22.2. The molecule has 1 N–H and O–H groups in total. The molecule has 0 radical (unpaired) electrons. The van der Waals surface area contributed by atoms with Gasteiger partial charge in [-0.25, -0.2) is 0 Å². The van der Waals surface area contributed by atoms with E-state index in [9.17, 15) is 14.9 Å². The molecule has 0 heterocycles. The summed E-state index contributed by atoms with van der Waals surface area (Å²) in [6.45, 7) is 0. The van der Waals surface area contributed by atoms with Crippen LogP contribution in [0.15, 0.2) is 48.5 Å². The van der Waals surface area contributed by atoms with Crippen molar-refractivity contribution in [2.75, 3.05) is 12.4 Å². The molecule has 0 aliphatic rings. The van der Waals surface area contributed by atoms with E-state index in [4.69, 9.17) is 4.74 Å². The maximum absolute atomic E-state index is 12.0. The van der Waals surface area contributed by atoms with E-state index in [0.717, 1.165) is 5.56 Å². The minimum atomic E-state index is -0.510. The van der Waals surface area contributed by atoms with Crippen LogP contribution in [0.2, 0.25) is 0 Å². The number of ether oxygens (including phenoxy) is 1. The average molecular weight is 300 g/mol. The van der Waals surface area contributed by atoms with E-state index in [1.165, 1.54) is 25.3 Å². The van der Waals surface area contributed by atoms with E-state index < -0.39 is 4.92 Å². The third kappa shape index (κ3) is 4.05. The highest BCUT2D eigenvalue weighted by Crippen LogP contribution is 2.29. The van der Waals surface area contributed by atoms with E-state index >= 15 is 0 Å². The molecule has 0 atom stereocenters. The summed E-state index contributed by atoms with van der Waals surface area (Å²) in [5.41, 5.74) is 1.42. The minimum Gasteiger partial charge on any atom is -0.494 e. The summed E-state index contributed by atoms with van der Waals surface area (Å²) in [7, 11) is 1.40. The van der Waals surface area contributed by atoms with Gasteiger partial charge < -0.3 is 10.1 Å². The lowest BCUT2D eigenvalue weighted by atomic mass is 10.1. The first kappa shape index (κ1) is 15.5. The Morgan fingerprint density at radius 3 is 2.59 bits per heavy atom. The predicted molar refractivity (Wildman–Crippen MR) is 83.0 cm³/mol. The lowest BCUT2D eigenvalue weighted by molar-refractivity contribution is -0.384. The van der Waals surface area contributed by atoms with Crippen LogP contribution in [0.4, 0.5) is 11.4 Å². The number of amides is 1. The number of aryl methyl sites for hydroxylation is 1. The van der Waals surface area contributed by atoms with Gasteiger partial charge in [-0.3, -0.25) is 14.9 Å². The van der Waals surface area contributed by atoms with Crippen molar-refractivity contribution in [3.63, 3.8) is 0 Å². The first-order chi connectivity index (χ1) is 10.6. The highest BCUT2D eigenvalue weighted by molar-refractivity contribution is 5.92. The summed E-state index contributed by atoms with van der Waals surface area (Å²) < 4.78 is 5.08. The van der Waals surface area contributed by atoms with Gasteiger partial charge in [0.05, 0.1) is 23.8 Å². The highest BCUT2D eigenvalue weighted by atomic mass is 16.6. The molecule has 0 unspecified atom stereocenters. The Hall–Kier alpha value is -2.89. The van der Waals surface area contributed by atoms with E-state index in [1.54, 1.807) is 0 Å². The third-order valence-corrected chi connectivity index (χ3v) is 3.15. The van der Waals surface area contributed by atoms with Crippen LogP contribution in [-0.4, -0.2) is 17.9 Å². The van der Waals surface area contributed by atoms with E-state index in [2.05, 4.69) is 5.32 Å². The number of nitrogens with zero attached hydrogens (tertiary/aromatic N) is 1. The van der Waals surface area contributed by atoms with Gasteiger partial charge in [-0.15, -0.1) is 0 Å². The molecule has 0 saturated carbocycles. The van der Waals surface area contributed by atoms with Gasteiger partial charge in [0.15, 0.2) is 0 Å². The molecule has 114 valence electrons. The van der Waals surface area contributed by atoms with Gasteiger partial charge in [0.1, 0.15) is 5.75 Å². The normalized spacial score (nSPS) is 10.0. The first-order valence-electron chi connectivity index (χ1n) is 6.76. The quantitative estimate of drug-likeness (QED) is 0.656. The van der Waals surface area contributed by atoms with Crippen molar-refractivity contribution >= 4 is 17.3 Å². The number of nitro benzene ring substituents is 1. The summed E-state index contributed by atoms with van der Waals surface area (Å²) in [5.74, 6) is 0.0956. The van der Waals surface area contributed by atoms with Crippen LogP contribution >= 0.6 is 0 Å². The van der Waals surface area contributed by atoms with Gasteiger partial charge in [0.25, 0.3) is 5.69 Å². The van der Waals surface area contributed by atoms with Crippen molar-refractivity contribution in [3.05, 3.63) is 64.2 Å². The molecule has 0 saturated heterocycles. The Labute approximate surface area is 127 Å². The predicted octanol–water partition coefficient (Wildman–Crippen LogP) is 3.17. The van der Waals surface area contributed by atoms with Crippen LogP contribution in [0, 0.1) is 10.1 Å². The molecule has 0 aromatic heterocycles. The van der Waals surface area contributed by atoms with Crippen molar-refractivity contribution < 1.29 is 14.5 Å². The zero-order valence-corrected chi connectivity index (χ0v) is 12.1. The van der Waals surface area contributed by atoms with Crippen molar-refractivity contribution in [1.82, 2.24) is 0 Å². The van der Waals surface area contributed by atoms with Crippen LogP contribution in [0.3, 0.4) is 0 Å². The fraction of sp³-hybridized carbons (Fsp3) is 0.188. The molecule has 22 heavy (non-hydrogen) atoms. The smallest absolute Gasteiger partial charge is 0.273 e. The Morgan fingerprint density at radius 1 is 1.23 bits per heavy atom. The van der Waals surface area contributed by atoms with Crippen molar-refractivity contribution in [1.29, 1.82) is 0 Å². The molecule has 0 spiro atoms. The largest absolute Gasteiger partial charge is 0.494 e. The lowest BCUT2D eigenvalue weighted by Gasteiger charge is -2.10. The van der Waals surface area contributed by atoms with Crippen LogP contribution in [0.5, 0.6) is 5.75 Å². The Bertz CT molecular complexity index is 671. The molecular weight excluding hydrogens is 284 g/mol. The number of hydrogen-bond acceptors (Lipinski definition) is 4. The van der Waals surface area contributed by atoms with Gasteiger partial charge in [-0.2, -0.15) is 0 Å². The Balaban J connectivity index is 2.00. The second-order valence-electron chi connectivity index (χ2n) is 4.68. The monoisotopic (exact) mass is 300 g/mol. The average Bonchev–Trinajstić information content (AvgIpc) is 2.54. The van der Waals surface area contributed by atoms with E-state index in [-0.39, 0.29) is 17.3 Å². The molecule has 0 bridgehead atoms. The van der Waals surface area contributed by atoms with Crippen LogP contribution < -0.4 is 10.1 Å². The second kappa shape index (κ2) is 7.21. The fourth-order valence-electron chi connectivity index (χ4n) is 2.01. The molecular formula is C16H16N2O4. The molecule has 2 aromatic carbocycles. The number of methoxy groups -OCH3 is 1. The lowest BCUT2D eigenvalue weighted by Crippen LogP contribution is -2.13. The third-order valence-electron chi connectivity index (χ3n) is 3.15. The minimum absolute atomic E-state index is 0.0841. The molecule has 0 aliphatic carbocycles. The summed E-state index contributed by atoms with van der Waals surface area (Å²) in [6.07, 6.45) is 0.951. The second-order valence-corrected chi connectivity index (χ2v) is 4.68. The van der Waals surface area contributed by atoms with E-state index in [0.29, 0.717) is 18.5 Å². The fourth-order valence-corrected chi connectivity index (χ4v) is 2.01. The number of hydrogen-bond donors (Lipinski definition) is 1. The van der Waals surface area contributed by atoms with Crippen LogP contribution in [0.25, 0.3) is 0 Å². The van der Waals surface area contributed by atoms with Gasteiger partial charge in [-0.1, -0.05) is 30.3 Å². The summed E-state index contributed by atoms with van der Waals surface area (Å²) in [6, 6.07) is 13.8. The maximum Gasteiger partial charge on any atom is 0.273 e. The van der Waals surface area contributed by atoms with Gasteiger partial charge >= 0.3 is 0 Å². The number of carbonyl (C=O) groups is 1. The zero-order chi connectivity index (χ0) is 15.9. The number of rotatable bonds is 6. The van der Waals surface area contributed by atoms with E-state index in [1.807, 2.05) is 30.3 Å². The number of carbonyl (C=O) groups excluding carboxylic acids is 1. The topological polar surface area (TPSA) is 81.5 Å². The van der Waals surface area contributed by atoms with Gasteiger partial charge in [0.2, 0.25) is 5.91 Å². The number of nitro groups is 1. The standard InChI is InChI=1S/C16H16N2O4/c1-22-15-11-13(18(20)21)8-9-14(15)17-16(19)10-7-12-5-3-2-4-6-12/h2-6,8-9,11H,7,10H2,1H3,(H,17,19). The Morgan fingerprint density at radius 2 is 1.95 bits per heavy atom. The molecule has 2 aromatic rings. The van der Waals surface area contributed by atoms with Gasteiger partial charge in [-0.05, 0) is 18.1 Å². The SMILES string of the molecule is COc1cc([N+](=O)[O-])ccc1NC(=O)CCc1ccccc1. The first-order valence-corrected chi connectivity index (χ1v) is 6.76. The van der Waals surface area contributed by atoms with Crippen molar-refractivity contribution in [3.8, 4) is 5.75 Å². The highest BCUT2D eigenvalue weighted by Gasteiger charge is 2.13. The number of anilines is 1. The summed E-state index contributed by atoms with van der Waals surface area (Å²) >= 11 is 0. The molecule has 0 fully saturated rings. The van der Waals surface area contributed by atoms with Crippen LogP contribution in [-0.2, 0) is 11.2 Å². The zero-order valence-electron chi connectivity index (χ0n) is 12.1. The molecule has 0 aliphatic heterocycles. The molecule has 6 heteroatoms. The summed E-state index contributed by atoms with van der Waals surface area (Å²) in [5, 5.41) is 13.4. The number of non-ortho nitro benzene ring substituents is 1.